The molecule has 1 heterocycles. The molecular formula is C21H23NO5S. The number of Topliss-reactive ketones (excluding diaryl/α,β-unsaturated/α-hetero) is 1. The summed E-state index contributed by atoms with van der Waals surface area (Å²) in [4.78, 5) is 24.7. The van der Waals surface area contributed by atoms with E-state index in [-0.39, 0.29) is 18.1 Å². The molecule has 0 amide bonds. The molecule has 0 unspecified atom stereocenters. The molecule has 1 aliphatic rings. The second kappa shape index (κ2) is 7.75. The van der Waals surface area contributed by atoms with Gasteiger partial charge < -0.3 is 4.74 Å². The van der Waals surface area contributed by atoms with Crippen molar-refractivity contribution in [3.63, 3.8) is 0 Å². The lowest BCUT2D eigenvalue weighted by Gasteiger charge is -2.18. The maximum atomic E-state index is 12.5. The van der Waals surface area contributed by atoms with Gasteiger partial charge in [-0.15, -0.1) is 0 Å². The summed E-state index contributed by atoms with van der Waals surface area (Å²) in [5.74, 6) is -0.823. The van der Waals surface area contributed by atoms with Gasteiger partial charge in [-0.3, -0.25) is 9.10 Å². The monoisotopic (exact) mass is 401 g/mol. The average molecular weight is 401 g/mol. The van der Waals surface area contributed by atoms with Crippen molar-refractivity contribution in [1.29, 1.82) is 0 Å². The smallest absolute Gasteiger partial charge is 0.338 e. The van der Waals surface area contributed by atoms with Crippen LogP contribution in [0.5, 0.6) is 0 Å². The van der Waals surface area contributed by atoms with Crippen LogP contribution in [0.4, 0.5) is 5.69 Å². The number of rotatable bonds is 6. The molecule has 148 valence electrons. The van der Waals surface area contributed by atoms with E-state index < -0.39 is 16.0 Å². The number of anilines is 1. The highest BCUT2D eigenvalue weighted by molar-refractivity contribution is 7.92. The van der Waals surface area contributed by atoms with Crippen LogP contribution in [-0.2, 0) is 21.2 Å². The Labute approximate surface area is 165 Å². The molecule has 2 aromatic rings. The van der Waals surface area contributed by atoms with E-state index in [1.165, 1.54) is 4.31 Å². The van der Waals surface area contributed by atoms with Crippen molar-refractivity contribution in [3.05, 3.63) is 64.2 Å². The van der Waals surface area contributed by atoms with Crippen LogP contribution in [0.15, 0.2) is 36.4 Å². The number of ketones is 1. The van der Waals surface area contributed by atoms with Gasteiger partial charge in [0, 0.05) is 12.1 Å². The maximum Gasteiger partial charge on any atom is 0.338 e. The van der Waals surface area contributed by atoms with Gasteiger partial charge in [0.25, 0.3) is 0 Å². The molecule has 1 aliphatic heterocycles. The van der Waals surface area contributed by atoms with Crippen LogP contribution in [0.1, 0.15) is 44.3 Å². The molecule has 6 nitrogen and oxygen atoms in total. The molecule has 7 heteroatoms. The zero-order chi connectivity index (χ0) is 20.5. The standard InChI is InChI=1S/C21H23NO5S/c1-4-28(25,26)22-10-9-16-12-17(7-8-19(16)22)20(23)13-27-21(24)18-11-14(2)5-6-15(18)3/h5-8,11-12H,4,9-10,13H2,1-3H3. The number of fused-ring (bicyclic) bond motifs is 1. The van der Waals surface area contributed by atoms with E-state index in [1.807, 2.05) is 26.0 Å². The molecule has 0 aromatic heterocycles. The van der Waals surface area contributed by atoms with E-state index in [9.17, 15) is 18.0 Å². The van der Waals surface area contributed by atoms with Crippen molar-refractivity contribution < 1.29 is 22.7 Å². The first-order valence-corrected chi connectivity index (χ1v) is 10.7. The summed E-state index contributed by atoms with van der Waals surface area (Å²) >= 11 is 0. The zero-order valence-electron chi connectivity index (χ0n) is 16.2. The molecular weight excluding hydrogens is 378 g/mol. The second-order valence-corrected chi connectivity index (χ2v) is 9.07. The third-order valence-corrected chi connectivity index (χ3v) is 6.68. The van der Waals surface area contributed by atoms with Crippen LogP contribution in [0.3, 0.4) is 0 Å². The summed E-state index contributed by atoms with van der Waals surface area (Å²) < 4.78 is 30.9. The zero-order valence-corrected chi connectivity index (χ0v) is 17.0. The number of nitrogens with zero attached hydrogens (tertiary/aromatic N) is 1. The lowest BCUT2D eigenvalue weighted by atomic mass is 10.1. The fourth-order valence-corrected chi connectivity index (χ4v) is 4.40. The summed E-state index contributed by atoms with van der Waals surface area (Å²) in [6, 6.07) is 10.4. The van der Waals surface area contributed by atoms with Crippen molar-refractivity contribution in [3.8, 4) is 0 Å². The molecule has 0 aliphatic carbocycles. The molecule has 28 heavy (non-hydrogen) atoms. The maximum absolute atomic E-state index is 12.5. The van der Waals surface area contributed by atoms with Gasteiger partial charge in [-0.05, 0) is 62.6 Å². The molecule has 0 N–H and O–H groups in total. The molecule has 0 bridgehead atoms. The first kappa shape index (κ1) is 20.1. The van der Waals surface area contributed by atoms with Crippen molar-refractivity contribution in [2.24, 2.45) is 0 Å². The molecule has 0 radical (unpaired) electrons. The number of carbonyl (C=O) groups is 2. The Morgan fingerprint density at radius 2 is 1.86 bits per heavy atom. The lowest BCUT2D eigenvalue weighted by Crippen LogP contribution is -2.30. The Bertz CT molecular complexity index is 1040. The van der Waals surface area contributed by atoms with Crippen molar-refractivity contribution >= 4 is 27.5 Å². The van der Waals surface area contributed by atoms with Crippen LogP contribution < -0.4 is 4.31 Å². The molecule has 2 aromatic carbocycles. The van der Waals surface area contributed by atoms with Crippen LogP contribution in [-0.4, -0.2) is 39.1 Å². The quantitative estimate of drug-likeness (QED) is 0.549. The van der Waals surface area contributed by atoms with E-state index >= 15 is 0 Å². The molecule has 3 rings (SSSR count). The van der Waals surface area contributed by atoms with Gasteiger partial charge in [-0.1, -0.05) is 17.7 Å². The highest BCUT2D eigenvalue weighted by Crippen LogP contribution is 2.31. The fourth-order valence-electron chi connectivity index (χ4n) is 3.24. The highest BCUT2D eigenvalue weighted by atomic mass is 32.2. The van der Waals surface area contributed by atoms with Gasteiger partial charge in [0.15, 0.2) is 12.4 Å². The molecule has 0 saturated carbocycles. The van der Waals surface area contributed by atoms with Crippen LogP contribution in [0.25, 0.3) is 0 Å². The predicted octanol–water partition coefficient (Wildman–Crippen LogP) is 3.06. The number of benzene rings is 2. The van der Waals surface area contributed by atoms with E-state index in [0.29, 0.717) is 29.8 Å². The third-order valence-electron chi connectivity index (χ3n) is 4.90. The number of aryl methyl sites for hydroxylation is 2. The van der Waals surface area contributed by atoms with Crippen molar-refractivity contribution in [1.82, 2.24) is 0 Å². The summed E-state index contributed by atoms with van der Waals surface area (Å²) in [5.41, 5.74) is 4.01. The first-order valence-electron chi connectivity index (χ1n) is 9.14. The van der Waals surface area contributed by atoms with Crippen LogP contribution in [0.2, 0.25) is 0 Å². The summed E-state index contributed by atoms with van der Waals surface area (Å²) in [6.07, 6.45) is 0.554. The number of sulfonamides is 1. The van der Waals surface area contributed by atoms with E-state index in [2.05, 4.69) is 0 Å². The predicted molar refractivity (Wildman–Crippen MR) is 107 cm³/mol. The Morgan fingerprint density at radius 3 is 2.57 bits per heavy atom. The number of ether oxygens (including phenoxy) is 1. The minimum atomic E-state index is -3.33. The van der Waals surface area contributed by atoms with E-state index in [4.69, 9.17) is 4.74 Å². The van der Waals surface area contributed by atoms with Gasteiger partial charge in [-0.2, -0.15) is 0 Å². The third kappa shape index (κ3) is 3.94. The van der Waals surface area contributed by atoms with Gasteiger partial charge >= 0.3 is 5.97 Å². The topological polar surface area (TPSA) is 80.8 Å². The SMILES string of the molecule is CCS(=O)(=O)N1CCc2cc(C(=O)COC(=O)c3cc(C)ccc3C)ccc21. The second-order valence-electron chi connectivity index (χ2n) is 6.88. The minimum Gasteiger partial charge on any atom is -0.454 e. The molecule has 0 saturated heterocycles. The normalized spacial score (nSPS) is 13.3. The number of carbonyl (C=O) groups excluding carboxylic acids is 2. The first-order chi connectivity index (χ1) is 13.2. The Kier molecular flexibility index (Phi) is 5.56. The largest absolute Gasteiger partial charge is 0.454 e. The number of hydrogen-bond acceptors (Lipinski definition) is 5. The Balaban J connectivity index is 1.71. The number of esters is 1. The van der Waals surface area contributed by atoms with Crippen LogP contribution >= 0.6 is 0 Å². The summed E-state index contributed by atoms with van der Waals surface area (Å²) in [5, 5.41) is 0. The molecule has 0 fully saturated rings. The van der Waals surface area contributed by atoms with E-state index in [0.717, 1.165) is 16.7 Å². The van der Waals surface area contributed by atoms with Gasteiger partial charge in [0.1, 0.15) is 0 Å². The number of hydrogen-bond donors (Lipinski definition) is 0. The molecule has 0 atom stereocenters. The van der Waals surface area contributed by atoms with Gasteiger partial charge in [-0.25, -0.2) is 13.2 Å². The Morgan fingerprint density at radius 1 is 1.11 bits per heavy atom. The summed E-state index contributed by atoms with van der Waals surface area (Å²) in [7, 11) is -3.33. The summed E-state index contributed by atoms with van der Waals surface area (Å²) in [6.45, 7) is 5.32. The lowest BCUT2D eigenvalue weighted by molar-refractivity contribution is 0.0474. The van der Waals surface area contributed by atoms with Crippen LogP contribution in [0, 0.1) is 13.8 Å². The highest BCUT2D eigenvalue weighted by Gasteiger charge is 2.28. The van der Waals surface area contributed by atoms with Crippen molar-refractivity contribution in [2.45, 2.75) is 27.2 Å². The molecule has 0 spiro atoms. The Hall–Kier alpha value is -2.67. The average Bonchev–Trinajstić information content (AvgIpc) is 3.11. The fraction of sp³-hybridized carbons (Fsp3) is 0.333. The van der Waals surface area contributed by atoms with Gasteiger partial charge in [0.2, 0.25) is 10.0 Å². The van der Waals surface area contributed by atoms with Gasteiger partial charge in [0.05, 0.1) is 17.0 Å². The van der Waals surface area contributed by atoms with Crippen molar-refractivity contribution in [2.75, 3.05) is 23.2 Å². The van der Waals surface area contributed by atoms with E-state index in [1.54, 1.807) is 31.2 Å². The minimum absolute atomic E-state index is 0.0292.